The molecule has 2 rings (SSSR count). The molecule has 1 saturated heterocycles. The summed E-state index contributed by atoms with van der Waals surface area (Å²) in [6.45, 7) is 0.877. The first-order valence-electron chi connectivity index (χ1n) is 6.48. The monoisotopic (exact) mass is 297 g/mol. The van der Waals surface area contributed by atoms with Crippen molar-refractivity contribution in [1.82, 2.24) is 9.62 Å². The Morgan fingerprint density at radius 2 is 1.90 bits per heavy atom. The minimum atomic E-state index is -3.14. The Morgan fingerprint density at radius 1 is 1.30 bits per heavy atom. The number of nitrogens with one attached hydrogen (secondary N) is 1. The van der Waals surface area contributed by atoms with Crippen molar-refractivity contribution in [3.8, 4) is 0 Å². The number of rotatable bonds is 3. The molecule has 1 aliphatic rings. The topological polar surface area (TPSA) is 92.5 Å². The molecule has 1 heterocycles. The molecule has 0 spiro atoms. The number of amides is 1. The number of piperidine rings is 1. The first-order chi connectivity index (χ1) is 9.38. The van der Waals surface area contributed by atoms with Gasteiger partial charge in [-0.2, -0.15) is 0 Å². The maximum absolute atomic E-state index is 12.1. The lowest BCUT2D eigenvalue weighted by atomic mass is 10.1. The first kappa shape index (κ1) is 14.8. The van der Waals surface area contributed by atoms with Crippen LogP contribution in [0.1, 0.15) is 23.2 Å². The maximum atomic E-state index is 12.1. The third-order valence-corrected chi connectivity index (χ3v) is 4.77. The van der Waals surface area contributed by atoms with Crippen LogP contribution in [0.4, 0.5) is 5.69 Å². The zero-order valence-electron chi connectivity index (χ0n) is 11.4. The average molecular weight is 297 g/mol. The largest absolute Gasteiger partial charge is 0.398 e. The molecule has 3 N–H and O–H groups in total. The fraction of sp³-hybridized carbons (Fsp3) is 0.462. The molecule has 7 heteroatoms. The highest BCUT2D eigenvalue weighted by Crippen LogP contribution is 2.15. The van der Waals surface area contributed by atoms with Crippen LogP contribution in [0.5, 0.6) is 0 Å². The SMILES string of the molecule is CS(=O)(=O)N1CCC(NC(=O)c2ccccc2N)CC1. The van der Waals surface area contributed by atoms with Gasteiger partial charge in [-0.3, -0.25) is 4.79 Å². The molecule has 1 aliphatic heterocycles. The van der Waals surface area contributed by atoms with E-state index in [9.17, 15) is 13.2 Å². The number of carbonyl (C=O) groups excluding carboxylic acids is 1. The van der Waals surface area contributed by atoms with E-state index in [0.717, 1.165) is 0 Å². The number of nitrogens with two attached hydrogens (primary N) is 1. The summed E-state index contributed by atoms with van der Waals surface area (Å²) in [5.74, 6) is -0.207. The molecule has 1 aromatic rings. The average Bonchev–Trinajstić information content (AvgIpc) is 2.38. The highest BCUT2D eigenvalue weighted by Gasteiger charge is 2.26. The second kappa shape index (κ2) is 5.80. The predicted molar refractivity (Wildman–Crippen MR) is 77.8 cm³/mol. The fourth-order valence-electron chi connectivity index (χ4n) is 2.30. The fourth-order valence-corrected chi connectivity index (χ4v) is 3.17. The minimum absolute atomic E-state index is 0.0138. The van der Waals surface area contributed by atoms with Gasteiger partial charge in [0.1, 0.15) is 0 Å². The number of carbonyl (C=O) groups is 1. The second-order valence-electron chi connectivity index (χ2n) is 5.00. The molecule has 6 nitrogen and oxygen atoms in total. The van der Waals surface area contributed by atoms with E-state index in [-0.39, 0.29) is 11.9 Å². The number of hydrogen-bond donors (Lipinski definition) is 2. The van der Waals surface area contributed by atoms with Gasteiger partial charge in [-0.15, -0.1) is 0 Å². The third-order valence-electron chi connectivity index (χ3n) is 3.46. The minimum Gasteiger partial charge on any atom is -0.398 e. The highest BCUT2D eigenvalue weighted by molar-refractivity contribution is 7.88. The molecule has 0 atom stereocenters. The molecule has 110 valence electrons. The van der Waals surface area contributed by atoms with Crippen LogP contribution in [0.15, 0.2) is 24.3 Å². The van der Waals surface area contributed by atoms with Crippen molar-refractivity contribution in [2.75, 3.05) is 25.1 Å². The molecule has 0 aliphatic carbocycles. The Kier molecular flexibility index (Phi) is 4.29. The van der Waals surface area contributed by atoms with E-state index in [1.54, 1.807) is 24.3 Å². The zero-order valence-corrected chi connectivity index (χ0v) is 12.2. The Morgan fingerprint density at radius 3 is 2.45 bits per heavy atom. The number of sulfonamides is 1. The van der Waals surface area contributed by atoms with Crippen molar-refractivity contribution in [3.05, 3.63) is 29.8 Å². The van der Waals surface area contributed by atoms with Crippen LogP contribution >= 0.6 is 0 Å². The van der Waals surface area contributed by atoms with Gasteiger partial charge in [0.05, 0.1) is 11.8 Å². The van der Waals surface area contributed by atoms with Crippen LogP contribution in [0, 0.1) is 0 Å². The van der Waals surface area contributed by atoms with Crippen molar-refractivity contribution < 1.29 is 13.2 Å². The van der Waals surface area contributed by atoms with Crippen molar-refractivity contribution in [3.63, 3.8) is 0 Å². The number of hydrogen-bond acceptors (Lipinski definition) is 4. The quantitative estimate of drug-likeness (QED) is 0.791. The van der Waals surface area contributed by atoms with Crippen LogP contribution in [0.3, 0.4) is 0 Å². The summed E-state index contributed by atoms with van der Waals surface area (Å²) in [7, 11) is -3.14. The van der Waals surface area contributed by atoms with E-state index in [4.69, 9.17) is 5.73 Å². The summed E-state index contributed by atoms with van der Waals surface area (Å²) < 4.78 is 24.2. The van der Waals surface area contributed by atoms with E-state index >= 15 is 0 Å². The highest BCUT2D eigenvalue weighted by atomic mass is 32.2. The molecule has 1 amide bonds. The predicted octanol–water partition coefficient (Wildman–Crippen LogP) is 0.423. The van der Waals surface area contributed by atoms with Gasteiger partial charge in [0.25, 0.3) is 5.91 Å². The lowest BCUT2D eigenvalue weighted by Gasteiger charge is -2.30. The van der Waals surface area contributed by atoms with Gasteiger partial charge in [0.2, 0.25) is 10.0 Å². The molecule has 20 heavy (non-hydrogen) atoms. The van der Waals surface area contributed by atoms with Crippen LogP contribution in [0.25, 0.3) is 0 Å². The van der Waals surface area contributed by atoms with Gasteiger partial charge >= 0.3 is 0 Å². The summed E-state index contributed by atoms with van der Waals surface area (Å²) in [5.41, 5.74) is 6.66. The third kappa shape index (κ3) is 3.49. The smallest absolute Gasteiger partial charge is 0.253 e. The van der Waals surface area contributed by atoms with Gasteiger partial charge in [-0.25, -0.2) is 12.7 Å². The summed E-state index contributed by atoms with van der Waals surface area (Å²) in [6, 6.07) is 6.88. The van der Waals surface area contributed by atoms with Crippen molar-refractivity contribution >= 4 is 21.6 Å². The molecule has 0 saturated carbocycles. The lowest BCUT2D eigenvalue weighted by molar-refractivity contribution is 0.0925. The normalized spacial score (nSPS) is 17.9. The van der Waals surface area contributed by atoms with E-state index in [0.29, 0.717) is 37.2 Å². The van der Waals surface area contributed by atoms with Gasteiger partial charge in [0.15, 0.2) is 0 Å². The molecule has 0 unspecified atom stereocenters. The van der Waals surface area contributed by atoms with E-state index < -0.39 is 10.0 Å². The molecule has 0 bridgehead atoms. The number of anilines is 1. The molecule has 0 aromatic heterocycles. The van der Waals surface area contributed by atoms with E-state index in [2.05, 4.69) is 5.32 Å². The Bertz CT molecular complexity index is 593. The molecule has 1 aromatic carbocycles. The van der Waals surface area contributed by atoms with Crippen LogP contribution in [-0.4, -0.2) is 44.0 Å². The van der Waals surface area contributed by atoms with E-state index in [1.807, 2.05) is 0 Å². The Hall–Kier alpha value is -1.60. The van der Waals surface area contributed by atoms with Crippen LogP contribution in [-0.2, 0) is 10.0 Å². The summed E-state index contributed by atoms with van der Waals surface area (Å²) in [5, 5.41) is 2.91. The van der Waals surface area contributed by atoms with Gasteiger partial charge < -0.3 is 11.1 Å². The molecule has 1 fully saturated rings. The first-order valence-corrected chi connectivity index (χ1v) is 8.33. The van der Waals surface area contributed by atoms with Gasteiger partial charge in [-0.1, -0.05) is 12.1 Å². The number of nitrogens with zero attached hydrogens (tertiary/aromatic N) is 1. The van der Waals surface area contributed by atoms with Gasteiger partial charge in [0, 0.05) is 24.8 Å². The van der Waals surface area contributed by atoms with Crippen molar-refractivity contribution in [2.24, 2.45) is 0 Å². The second-order valence-corrected chi connectivity index (χ2v) is 6.98. The zero-order chi connectivity index (χ0) is 14.8. The van der Waals surface area contributed by atoms with Gasteiger partial charge in [-0.05, 0) is 25.0 Å². The summed E-state index contributed by atoms with van der Waals surface area (Å²) >= 11 is 0. The molecule has 0 radical (unpaired) electrons. The Labute approximate surface area is 119 Å². The lowest BCUT2D eigenvalue weighted by Crippen LogP contribution is -2.46. The number of nitrogen functional groups attached to an aromatic ring is 1. The van der Waals surface area contributed by atoms with E-state index in [1.165, 1.54) is 10.6 Å². The summed E-state index contributed by atoms with van der Waals surface area (Å²) in [6.07, 6.45) is 2.44. The maximum Gasteiger partial charge on any atom is 0.253 e. The van der Waals surface area contributed by atoms with Crippen molar-refractivity contribution in [1.29, 1.82) is 0 Å². The standard InChI is InChI=1S/C13H19N3O3S/c1-20(18,19)16-8-6-10(7-9-16)15-13(17)11-4-2-3-5-12(11)14/h2-5,10H,6-9,14H2,1H3,(H,15,17). The Balaban J connectivity index is 1.93. The van der Waals surface area contributed by atoms with Crippen molar-refractivity contribution in [2.45, 2.75) is 18.9 Å². The van der Waals surface area contributed by atoms with Crippen LogP contribution < -0.4 is 11.1 Å². The molecular formula is C13H19N3O3S. The number of para-hydroxylation sites is 1. The number of benzene rings is 1. The van der Waals surface area contributed by atoms with Crippen LogP contribution in [0.2, 0.25) is 0 Å². The summed E-state index contributed by atoms with van der Waals surface area (Å²) in [4.78, 5) is 12.1. The molecular weight excluding hydrogens is 278 g/mol.